The molecular formula is C8H12N2O3S. The Balaban J connectivity index is 1.89. The zero-order valence-corrected chi connectivity index (χ0v) is 8.50. The maximum Gasteiger partial charge on any atom is 0.294 e. The van der Waals surface area contributed by atoms with Crippen LogP contribution in [-0.2, 0) is 11.3 Å². The molecule has 1 aromatic heterocycles. The molecule has 5 nitrogen and oxygen atoms in total. The molecule has 2 heterocycles. The van der Waals surface area contributed by atoms with Crippen LogP contribution in [-0.4, -0.2) is 34.6 Å². The van der Waals surface area contributed by atoms with E-state index in [9.17, 15) is 0 Å². The van der Waals surface area contributed by atoms with Crippen LogP contribution >= 0.6 is 11.3 Å². The third-order valence-corrected chi connectivity index (χ3v) is 2.82. The van der Waals surface area contributed by atoms with Gasteiger partial charge in [0.15, 0.2) is 0 Å². The summed E-state index contributed by atoms with van der Waals surface area (Å²) in [4.78, 5) is 0. The van der Waals surface area contributed by atoms with Gasteiger partial charge in [0.2, 0.25) is 0 Å². The molecule has 14 heavy (non-hydrogen) atoms. The first-order chi connectivity index (χ1) is 6.88. The van der Waals surface area contributed by atoms with Gasteiger partial charge in [-0.2, -0.15) is 0 Å². The number of aliphatic hydroxyl groups excluding tert-OH is 1. The van der Waals surface area contributed by atoms with E-state index in [-0.39, 0.29) is 12.7 Å². The van der Waals surface area contributed by atoms with Crippen molar-refractivity contribution in [2.75, 3.05) is 13.2 Å². The predicted molar refractivity (Wildman–Crippen MR) is 50.3 cm³/mol. The lowest BCUT2D eigenvalue weighted by atomic mass is 10.2. The molecule has 1 N–H and O–H groups in total. The molecule has 0 radical (unpaired) electrons. The number of rotatable bonds is 3. The van der Waals surface area contributed by atoms with Crippen molar-refractivity contribution in [1.82, 2.24) is 10.2 Å². The van der Waals surface area contributed by atoms with Gasteiger partial charge in [0.25, 0.3) is 5.19 Å². The van der Waals surface area contributed by atoms with Crippen LogP contribution in [0.3, 0.4) is 0 Å². The Morgan fingerprint density at radius 3 is 2.86 bits per heavy atom. The maximum atomic E-state index is 8.79. The van der Waals surface area contributed by atoms with Gasteiger partial charge in [-0.1, -0.05) is 16.4 Å². The number of ether oxygens (including phenoxy) is 2. The minimum Gasteiger partial charge on any atom is -0.465 e. The summed E-state index contributed by atoms with van der Waals surface area (Å²) in [6.07, 6.45) is 1.98. The predicted octanol–water partition coefficient (Wildman–Crippen LogP) is 0.588. The number of aromatic nitrogens is 2. The second-order valence-electron chi connectivity index (χ2n) is 3.05. The molecule has 1 aliphatic heterocycles. The topological polar surface area (TPSA) is 64.5 Å². The second-order valence-corrected chi connectivity index (χ2v) is 4.07. The van der Waals surface area contributed by atoms with E-state index in [0.29, 0.717) is 10.2 Å². The summed E-state index contributed by atoms with van der Waals surface area (Å²) in [6, 6.07) is 0. The molecule has 0 spiro atoms. The molecule has 0 atom stereocenters. The Kier molecular flexibility index (Phi) is 3.28. The van der Waals surface area contributed by atoms with Crippen LogP contribution in [0.4, 0.5) is 0 Å². The van der Waals surface area contributed by atoms with Crippen LogP contribution in [0.25, 0.3) is 0 Å². The summed E-state index contributed by atoms with van der Waals surface area (Å²) in [5.41, 5.74) is 0. The second kappa shape index (κ2) is 4.68. The summed E-state index contributed by atoms with van der Waals surface area (Å²) < 4.78 is 10.8. The van der Waals surface area contributed by atoms with E-state index in [4.69, 9.17) is 14.6 Å². The van der Waals surface area contributed by atoms with E-state index in [1.54, 1.807) is 0 Å². The molecular weight excluding hydrogens is 204 g/mol. The van der Waals surface area contributed by atoms with Crippen LogP contribution in [0.2, 0.25) is 0 Å². The fraction of sp³-hybridized carbons (Fsp3) is 0.750. The standard InChI is InChI=1S/C8H12N2O3S/c11-5-7-9-10-8(14-7)13-6-1-3-12-4-2-6/h6,11H,1-5H2. The lowest BCUT2D eigenvalue weighted by Crippen LogP contribution is -2.25. The van der Waals surface area contributed by atoms with Gasteiger partial charge in [-0.15, -0.1) is 5.10 Å². The van der Waals surface area contributed by atoms with E-state index in [1.807, 2.05) is 0 Å². The van der Waals surface area contributed by atoms with Crippen LogP contribution in [0, 0.1) is 0 Å². The van der Waals surface area contributed by atoms with Crippen LogP contribution < -0.4 is 4.74 Å². The van der Waals surface area contributed by atoms with E-state index >= 15 is 0 Å². The van der Waals surface area contributed by atoms with Crippen molar-refractivity contribution in [1.29, 1.82) is 0 Å². The van der Waals surface area contributed by atoms with Gasteiger partial charge in [0.05, 0.1) is 19.8 Å². The zero-order valence-electron chi connectivity index (χ0n) is 7.68. The summed E-state index contributed by atoms with van der Waals surface area (Å²) in [7, 11) is 0. The van der Waals surface area contributed by atoms with Crippen molar-refractivity contribution in [3.05, 3.63) is 5.01 Å². The van der Waals surface area contributed by atoms with Gasteiger partial charge in [0, 0.05) is 12.8 Å². The average molecular weight is 216 g/mol. The van der Waals surface area contributed by atoms with Gasteiger partial charge in [-0.25, -0.2) is 0 Å². The van der Waals surface area contributed by atoms with Crippen molar-refractivity contribution in [2.45, 2.75) is 25.6 Å². The molecule has 0 amide bonds. The minimum absolute atomic E-state index is 0.0746. The van der Waals surface area contributed by atoms with Crippen LogP contribution in [0.1, 0.15) is 17.8 Å². The number of hydrogen-bond donors (Lipinski definition) is 1. The lowest BCUT2D eigenvalue weighted by molar-refractivity contribution is 0.0252. The highest BCUT2D eigenvalue weighted by Gasteiger charge is 2.17. The highest BCUT2D eigenvalue weighted by atomic mass is 32.1. The summed E-state index contributed by atoms with van der Waals surface area (Å²) in [6.45, 7) is 1.42. The third kappa shape index (κ3) is 2.40. The van der Waals surface area contributed by atoms with E-state index in [0.717, 1.165) is 26.1 Å². The van der Waals surface area contributed by atoms with Crippen molar-refractivity contribution >= 4 is 11.3 Å². The first kappa shape index (κ1) is 9.82. The molecule has 0 saturated carbocycles. The van der Waals surface area contributed by atoms with E-state index in [2.05, 4.69) is 10.2 Å². The Bertz CT molecular complexity index is 286. The Hall–Kier alpha value is -0.720. The van der Waals surface area contributed by atoms with Crippen LogP contribution in [0.15, 0.2) is 0 Å². The summed E-state index contributed by atoms with van der Waals surface area (Å²) in [5, 5.41) is 17.5. The lowest BCUT2D eigenvalue weighted by Gasteiger charge is -2.21. The van der Waals surface area contributed by atoms with Crippen LogP contribution in [0.5, 0.6) is 5.19 Å². The largest absolute Gasteiger partial charge is 0.465 e. The molecule has 78 valence electrons. The Morgan fingerprint density at radius 2 is 2.21 bits per heavy atom. The Labute approximate surface area is 85.7 Å². The third-order valence-electron chi connectivity index (χ3n) is 2.02. The van der Waals surface area contributed by atoms with Crippen molar-refractivity contribution in [2.24, 2.45) is 0 Å². The fourth-order valence-corrected chi connectivity index (χ4v) is 1.90. The normalized spacial score (nSPS) is 18.4. The molecule has 2 rings (SSSR count). The van der Waals surface area contributed by atoms with Gasteiger partial charge < -0.3 is 14.6 Å². The number of nitrogens with zero attached hydrogens (tertiary/aromatic N) is 2. The van der Waals surface area contributed by atoms with Crippen molar-refractivity contribution in [3.8, 4) is 5.19 Å². The van der Waals surface area contributed by atoms with Gasteiger partial charge in [-0.05, 0) is 0 Å². The van der Waals surface area contributed by atoms with Gasteiger partial charge in [0.1, 0.15) is 11.1 Å². The highest BCUT2D eigenvalue weighted by molar-refractivity contribution is 7.13. The molecule has 1 saturated heterocycles. The zero-order chi connectivity index (χ0) is 9.80. The molecule has 0 aromatic carbocycles. The van der Waals surface area contributed by atoms with Crippen molar-refractivity contribution < 1.29 is 14.6 Å². The highest BCUT2D eigenvalue weighted by Crippen LogP contribution is 2.21. The van der Waals surface area contributed by atoms with E-state index in [1.165, 1.54) is 11.3 Å². The van der Waals surface area contributed by atoms with Crippen molar-refractivity contribution in [3.63, 3.8) is 0 Å². The monoisotopic (exact) mass is 216 g/mol. The molecule has 1 aromatic rings. The smallest absolute Gasteiger partial charge is 0.294 e. The fourth-order valence-electron chi connectivity index (χ4n) is 1.29. The number of aliphatic hydroxyl groups is 1. The van der Waals surface area contributed by atoms with E-state index < -0.39 is 0 Å². The van der Waals surface area contributed by atoms with Gasteiger partial charge in [-0.3, -0.25) is 0 Å². The molecule has 1 fully saturated rings. The average Bonchev–Trinajstić information content (AvgIpc) is 2.67. The maximum absolute atomic E-state index is 8.79. The minimum atomic E-state index is -0.0746. The molecule has 0 aliphatic carbocycles. The molecule has 0 bridgehead atoms. The number of hydrogen-bond acceptors (Lipinski definition) is 6. The quantitative estimate of drug-likeness (QED) is 0.801. The summed E-state index contributed by atoms with van der Waals surface area (Å²) in [5.74, 6) is 0. The summed E-state index contributed by atoms with van der Waals surface area (Å²) >= 11 is 1.29. The Morgan fingerprint density at radius 1 is 1.43 bits per heavy atom. The molecule has 6 heteroatoms. The first-order valence-electron chi connectivity index (χ1n) is 4.56. The van der Waals surface area contributed by atoms with Gasteiger partial charge >= 0.3 is 0 Å². The molecule has 0 unspecified atom stereocenters. The molecule has 1 aliphatic rings. The first-order valence-corrected chi connectivity index (χ1v) is 5.38. The SMILES string of the molecule is OCc1nnc(OC2CCOCC2)s1.